The first-order valence-electron chi connectivity index (χ1n) is 8.09. The lowest BCUT2D eigenvalue weighted by atomic mass is 10.1. The highest BCUT2D eigenvalue weighted by atomic mass is 32.2. The Hall–Kier alpha value is -2.59. The predicted molar refractivity (Wildman–Crippen MR) is 104 cm³/mol. The van der Waals surface area contributed by atoms with E-state index in [4.69, 9.17) is 0 Å². The van der Waals surface area contributed by atoms with Crippen LogP contribution in [0.4, 0.5) is 0 Å². The van der Waals surface area contributed by atoms with E-state index in [2.05, 4.69) is 6.58 Å². The highest BCUT2D eigenvalue weighted by Gasteiger charge is 2.24. The van der Waals surface area contributed by atoms with E-state index in [1.807, 2.05) is 63.3 Å². The summed E-state index contributed by atoms with van der Waals surface area (Å²) in [6, 6.07) is 12.8. The van der Waals surface area contributed by atoms with Crippen molar-refractivity contribution in [2.24, 2.45) is 0 Å². The summed E-state index contributed by atoms with van der Waals surface area (Å²) in [6.45, 7) is 9.48. The van der Waals surface area contributed by atoms with Gasteiger partial charge in [0.1, 0.15) is 0 Å². The molecule has 25 heavy (non-hydrogen) atoms. The molecule has 0 saturated carbocycles. The van der Waals surface area contributed by atoms with Gasteiger partial charge in [-0.2, -0.15) is 0 Å². The van der Waals surface area contributed by atoms with E-state index in [1.165, 1.54) is 3.97 Å². The maximum absolute atomic E-state index is 13.3. The number of fused-ring (bicyclic) bond motifs is 1. The van der Waals surface area contributed by atoms with Crippen LogP contribution in [0, 0.1) is 20.8 Å². The number of rotatable bonds is 4. The summed E-state index contributed by atoms with van der Waals surface area (Å²) < 4.78 is 28.0. The summed E-state index contributed by atoms with van der Waals surface area (Å²) in [6.07, 6.45) is 5.42. The lowest BCUT2D eigenvalue weighted by Crippen LogP contribution is -2.14. The van der Waals surface area contributed by atoms with Gasteiger partial charge in [0.05, 0.1) is 10.4 Å². The summed E-state index contributed by atoms with van der Waals surface area (Å²) in [5.74, 6) is 0. The highest BCUT2D eigenvalue weighted by molar-refractivity contribution is 7.90. The molecular formula is C21H21NO2S. The van der Waals surface area contributed by atoms with E-state index in [-0.39, 0.29) is 4.90 Å². The molecule has 2 aromatic carbocycles. The van der Waals surface area contributed by atoms with Gasteiger partial charge >= 0.3 is 0 Å². The number of allylic oxidation sites excluding steroid dienone is 2. The van der Waals surface area contributed by atoms with Crippen LogP contribution in [0.3, 0.4) is 0 Å². The van der Waals surface area contributed by atoms with Gasteiger partial charge in [-0.1, -0.05) is 54.1 Å². The van der Waals surface area contributed by atoms with Crippen LogP contribution in [0.5, 0.6) is 0 Å². The Morgan fingerprint density at radius 1 is 0.960 bits per heavy atom. The lowest BCUT2D eigenvalue weighted by Gasteiger charge is -2.10. The van der Waals surface area contributed by atoms with Crippen LogP contribution < -0.4 is 0 Å². The van der Waals surface area contributed by atoms with Crippen molar-refractivity contribution in [2.45, 2.75) is 25.7 Å². The lowest BCUT2D eigenvalue weighted by molar-refractivity contribution is 0.588. The van der Waals surface area contributed by atoms with E-state index >= 15 is 0 Å². The quantitative estimate of drug-likeness (QED) is 0.620. The van der Waals surface area contributed by atoms with Crippen molar-refractivity contribution < 1.29 is 8.42 Å². The van der Waals surface area contributed by atoms with Crippen LogP contribution in [0.1, 0.15) is 22.4 Å². The second kappa shape index (κ2) is 6.37. The zero-order chi connectivity index (χ0) is 18.2. The van der Waals surface area contributed by atoms with Crippen molar-refractivity contribution >= 4 is 27.0 Å². The van der Waals surface area contributed by atoms with Crippen LogP contribution >= 0.6 is 0 Å². The van der Waals surface area contributed by atoms with E-state index in [9.17, 15) is 8.42 Å². The summed E-state index contributed by atoms with van der Waals surface area (Å²) in [5, 5.41) is 0.922. The topological polar surface area (TPSA) is 39.1 Å². The van der Waals surface area contributed by atoms with Crippen molar-refractivity contribution in [1.82, 2.24) is 3.97 Å². The third-order valence-electron chi connectivity index (χ3n) is 4.31. The number of hydrogen-bond acceptors (Lipinski definition) is 2. The average Bonchev–Trinajstić information content (AvgIpc) is 2.85. The van der Waals surface area contributed by atoms with E-state index in [0.29, 0.717) is 11.2 Å². The second-order valence-electron chi connectivity index (χ2n) is 6.20. The Balaban J connectivity index is 2.36. The molecule has 0 spiro atoms. The zero-order valence-electron chi connectivity index (χ0n) is 14.7. The summed E-state index contributed by atoms with van der Waals surface area (Å²) in [7, 11) is -3.67. The molecule has 128 valence electrons. The summed E-state index contributed by atoms with van der Waals surface area (Å²) >= 11 is 0. The molecule has 0 amide bonds. The minimum Gasteiger partial charge on any atom is -0.238 e. The number of hydrogen-bond donors (Lipinski definition) is 0. The minimum atomic E-state index is -3.67. The molecule has 0 bridgehead atoms. The van der Waals surface area contributed by atoms with Gasteiger partial charge in [-0.3, -0.25) is 0 Å². The first kappa shape index (κ1) is 17.2. The van der Waals surface area contributed by atoms with E-state index < -0.39 is 10.0 Å². The van der Waals surface area contributed by atoms with Gasteiger partial charge in [0.2, 0.25) is 0 Å². The Labute approximate surface area is 149 Å². The molecule has 4 heteroatoms. The molecule has 3 aromatic rings. The maximum atomic E-state index is 13.3. The monoisotopic (exact) mass is 351 g/mol. The Morgan fingerprint density at radius 3 is 2.24 bits per heavy atom. The standard InChI is InChI=1S/C21H21NO2S/c1-5-6-7-19-17(4)22(21-13-10-16(3)14-20(19)21)25(23,24)18-11-8-15(2)9-12-18/h5-14H,1H2,2-4H3. The summed E-state index contributed by atoms with van der Waals surface area (Å²) in [4.78, 5) is 0.290. The van der Waals surface area contributed by atoms with Crippen molar-refractivity contribution in [1.29, 1.82) is 0 Å². The first-order valence-corrected chi connectivity index (χ1v) is 9.53. The van der Waals surface area contributed by atoms with Crippen molar-refractivity contribution in [3.05, 3.63) is 83.6 Å². The summed E-state index contributed by atoms with van der Waals surface area (Å²) in [5.41, 5.74) is 4.39. The van der Waals surface area contributed by atoms with Gasteiger partial charge < -0.3 is 0 Å². The normalized spacial score (nSPS) is 12.1. The third kappa shape index (κ3) is 2.94. The van der Waals surface area contributed by atoms with E-state index in [1.54, 1.807) is 18.2 Å². The van der Waals surface area contributed by atoms with Crippen LogP contribution in [0.25, 0.3) is 17.0 Å². The predicted octanol–water partition coefficient (Wildman–Crippen LogP) is 5.00. The van der Waals surface area contributed by atoms with Crippen molar-refractivity contribution in [3.63, 3.8) is 0 Å². The number of aromatic nitrogens is 1. The van der Waals surface area contributed by atoms with Gasteiger partial charge in [0.25, 0.3) is 10.0 Å². The molecule has 0 aliphatic rings. The highest BCUT2D eigenvalue weighted by Crippen LogP contribution is 2.31. The average molecular weight is 351 g/mol. The zero-order valence-corrected chi connectivity index (χ0v) is 15.5. The first-order chi connectivity index (χ1) is 11.9. The number of aryl methyl sites for hydroxylation is 2. The molecule has 0 aliphatic heterocycles. The largest absolute Gasteiger partial charge is 0.268 e. The van der Waals surface area contributed by atoms with Crippen LogP contribution in [0.2, 0.25) is 0 Å². The molecule has 0 fully saturated rings. The van der Waals surface area contributed by atoms with Gasteiger partial charge in [0.15, 0.2) is 0 Å². The third-order valence-corrected chi connectivity index (χ3v) is 6.13. The van der Waals surface area contributed by atoms with Gasteiger partial charge in [-0.15, -0.1) is 0 Å². The molecule has 3 nitrogen and oxygen atoms in total. The van der Waals surface area contributed by atoms with Gasteiger partial charge in [0, 0.05) is 16.6 Å². The van der Waals surface area contributed by atoms with Gasteiger partial charge in [-0.05, 0) is 45.0 Å². The smallest absolute Gasteiger partial charge is 0.238 e. The molecule has 1 heterocycles. The molecule has 0 aliphatic carbocycles. The fourth-order valence-electron chi connectivity index (χ4n) is 3.03. The molecule has 3 rings (SSSR count). The fourth-order valence-corrected chi connectivity index (χ4v) is 4.60. The van der Waals surface area contributed by atoms with Crippen LogP contribution in [0.15, 0.2) is 66.1 Å². The molecule has 0 atom stereocenters. The molecular weight excluding hydrogens is 330 g/mol. The molecule has 1 aromatic heterocycles. The molecule has 0 N–H and O–H groups in total. The van der Waals surface area contributed by atoms with Crippen molar-refractivity contribution in [2.75, 3.05) is 0 Å². The fraction of sp³-hybridized carbons (Fsp3) is 0.143. The Morgan fingerprint density at radius 2 is 1.60 bits per heavy atom. The number of nitrogens with zero attached hydrogens (tertiary/aromatic N) is 1. The molecule has 0 unspecified atom stereocenters. The Kier molecular flexibility index (Phi) is 4.39. The Bertz CT molecular complexity index is 1090. The van der Waals surface area contributed by atoms with E-state index in [0.717, 1.165) is 22.1 Å². The molecule has 0 saturated heterocycles. The van der Waals surface area contributed by atoms with Crippen LogP contribution in [-0.2, 0) is 10.0 Å². The second-order valence-corrected chi connectivity index (χ2v) is 7.98. The molecule has 0 radical (unpaired) electrons. The van der Waals surface area contributed by atoms with Crippen LogP contribution in [-0.4, -0.2) is 12.4 Å². The SMILES string of the molecule is C=CC=Cc1c(C)n(S(=O)(=O)c2ccc(C)cc2)c2ccc(C)cc12. The van der Waals surface area contributed by atoms with Gasteiger partial charge in [-0.25, -0.2) is 12.4 Å². The number of benzene rings is 2. The maximum Gasteiger partial charge on any atom is 0.268 e. The van der Waals surface area contributed by atoms with Crippen molar-refractivity contribution in [3.8, 4) is 0 Å². The minimum absolute atomic E-state index is 0.290.